The second-order valence-electron chi connectivity index (χ2n) is 6.55. The molecule has 0 radical (unpaired) electrons. The van der Waals surface area contributed by atoms with E-state index >= 15 is 0 Å². The van der Waals surface area contributed by atoms with E-state index in [0.29, 0.717) is 28.1 Å². The van der Waals surface area contributed by atoms with Gasteiger partial charge in [0.1, 0.15) is 0 Å². The van der Waals surface area contributed by atoms with Crippen LogP contribution in [-0.2, 0) is 0 Å². The Balaban J connectivity index is 2.01. The average molecular weight is 365 g/mol. The number of rotatable bonds is 2. The number of benzene rings is 2. The van der Waals surface area contributed by atoms with Crippen LogP contribution in [0.3, 0.4) is 0 Å². The Labute approximate surface area is 154 Å². The van der Waals surface area contributed by atoms with E-state index in [9.17, 15) is 20.1 Å². The fourth-order valence-electron chi connectivity index (χ4n) is 3.50. The summed E-state index contributed by atoms with van der Waals surface area (Å²) < 4.78 is 15.5. The summed E-state index contributed by atoms with van der Waals surface area (Å²) in [6.45, 7) is 1.04. The Morgan fingerprint density at radius 3 is 2.48 bits per heavy atom. The van der Waals surface area contributed by atoms with Crippen LogP contribution in [0.25, 0.3) is 22.3 Å². The molecule has 2 N–H and O–H groups in total. The first-order chi connectivity index (χ1) is 13.0. The standard InChI is InChI=1S/C19H16FN5O2/c20-14-8-16-17(9-15(14)23-7-6-13(22)11-23)25(27)19(18(10-21)24(16)26)12-4-2-1-3-5-12/h1-5,8-9,13H,6-7,11,22H2. The van der Waals surface area contributed by atoms with Crippen LogP contribution in [0.2, 0.25) is 0 Å². The number of fused-ring (bicyclic) bond motifs is 1. The molecule has 0 bridgehead atoms. The van der Waals surface area contributed by atoms with Crippen molar-refractivity contribution >= 4 is 16.7 Å². The van der Waals surface area contributed by atoms with Crippen LogP contribution in [0, 0.1) is 27.6 Å². The van der Waals surface area contributed by atoms with Gasteiger partial charge in [0, 0.05) is 25.2 Å². The normalized spacial score (nSPS) is 16.6. The molecule has 1 saturated heterocycles. The largest absolute Gasteiger partial charge is 0.617 e. The van der Waals surface area contributed by atoms with Crippen LogP contribution in [-0.4, -0.2) is 19.1 Å². The molecule has 1 fully saturated rings. The van der Waals surface area contributed by atoms with E-state index in [0.717, 1.165) is 12.5 Å². The molecule has 1 aliphatic rings. The van der Waals surface area contributed by atoms with Crippen LogP contribution in [0.4, 0.5) is 10.1 Å². The molecule has 0 amide bonds. The monoisotopic (exact) mass is 365 g/mol. The number of hydrogen-bond donors (Lipinski definition) is 1. The Hall–Kier alpha value is -3.44. The predicted molar refractivity (Wildman–Crippen MR) is 96.8 cm³/mol. The zero-order chi connectivity index (χ0) is 19.1. The number of hydrogen-bond acceptors (Lipinski definition) is 5. The molecule has 2 heterocycles. The quantitative estimate of drug-likeness (QED) is 0.544. The van der Waals surface area contributed by atoms with E-state index in [1.807, 2.05) is 0 Å². The summed E-state index contributed by atoms with van der Waals surface area (Å²) in [7, 11) is 0. The van der Waals surface area contributed by atoms with Gasteiger partial charge in [-0.15, -0.1) is 4.73 Å². The lowest BCUT2D eigenvalue weighted by atomic mass is 10.1. The minimum absolute atomic E-state index is 0.000255. The number of nitriles is 1. The van der Waals surface area contributed by atoms with Gasteiger partial charge in [0.05, 0.1) is 17.3 Å². The van der Waals surface area contributed by atoms with E-state index < -0.39 is 5.82 Å². The molecule has 1 aliphatic heterocycles. The van der Waals surface area contributed by atoms with Crippen molar-refractivity contribution in [2.45, 2.75) is 12.5 Å². The molecular formula is C19H16FN5O2. The SMILES string of the molecule is N#Cc1c(-c2ccccc2)[n+]([O-])c2cc(N3CCC(N)C3)c(F)cc2[n+]1[O-]. The van der Waals surface area contributed by atoms with Gasteiger partial charge in [-0.25, -0.2) is 4.39 Å². The lowest BCUT2D eigenvalue weighted by Gasteiger charge is -2.19. The molecular weight excluding hydrogens is 349 g/mol. The van der Waals surface area contributed by atoms with Crippen molar-refractivity contribution in [1.82, 2.24) is 0 Å². The number of aromatic nitrogens is 2. The first-order valence-electron chi connectivity index (χ1n) is 8.49. The zero-order valence-corrected chi connectivity index (χ0v) is 14.3. The van der Waals surface area contributed by atoms with E-state index in [1.165, 1.54) is 6.07 Å². The summed E-state index contributed by atoms with van der Waals surface area (Å²) in [6.07, 6.45) is 0.721. The summed E-state index contributed by atoms with van der Waals surface area (Å²) >= 11 is 0. The fraction of sp³-hybridized carbons (Fsp3) is 0.211. The van der Waals surface area contributed by atoms with Crippen molar-refractivity contribution in [1.29, 1.82) is 5.26 Å². The molecule has 7 nitrogen and oxygen atoms in total. The third-order valence-electron chi connectivity index (χ3n) is 4.83. The van der Waals surface area contributed by atoms with Crippen LogP contribution in [0.5, 0.6) is 0 Å². The zero-order valence-electron chi connectivity index (χ0n) is 14.3. The molecule has 3 aromatic rings. The number of halogens is 1. The lowest BCUT2D eigenvalue weighted by molar-refractivity contribution is -0.622. The van der Waals surface area contributed by atoms with Gasteiger partial charge in [-0.05, 0) is 18.6 Å². The highest BCUT2D eigenvalue weighted by Crippen LogP contribution is 2.28. The molecule has 4 rings (SSSR count). The molecule has 0 spiro atoms. The van der Waals surface area contributed by atoms with Gasteiger partial charge in [0.15, 0.2) is 11.9 Å². The first kappa shape index (κ1) is 17.0. The van der Waals surface area contributed by atoms with Gasteiger partial charge in [0.2, 0.25) is 0 Å². The molecule has 2 aromatic carbocycles. The molecule has 1 unspecified atom stereocenters. The van der Waals surface area contributed by atoms with Crippen molar-refractivity contribution in [3.8, 4) is 17.3 Å². The molecule has 27 heavy (non-hydrogen) atoms. The highest BCUT2D eigenvalue weighted by Gasteiger charge is 2.32. The van der Waals surface area contributed by atoms with Gasteiger partial charge >= 0.3 is 11.4 Å². The topological polar surface area (TPSA) is 107 Å². The second-order valence-corrected chi connectivity index (χ2v) is 6.55. The van der Waals surface area contributed by atoms with Crippen molar-refractivity contribution < 1.29 is 13.9 Å². The summed E-state index contributed by atoms with van der Waals surface area (Å²) in [4.78, 5) is 1.76. The fourth-order valence-corrected chi connectivity index (χ4v) is 3.50. The molecule has 1 aromatic heterocycles. The summed E-state index contributed by atoms with van der Waals surface area (Å²) in [5.74, 6) is -0.627. The Bertz CT molecular complexity index is 1080. The Kier molecular flexibility index (Phi) is 4.01. The van der Waals surface area contributed by atoms with Crippen LogP contribution >= 0.6 is 0 Å². The molecule has 8 heteroatoms. The first-order valence-corrected chi connectivity index (χ1v) is 8.49. The van der Waals surface area contributed by atoms with Gasteiger partial charge < -0.3 is 21.0 Å². The maximum absolute atomic E-state index is 14.6. The van der Waals surface area contributed by atoms with Crippen LogP contribution in [0.1, 0.15) is 12.1 Å². The minimum Gasteiger partial charge on any atom is -0.617 e. The Morgan fingerprint density at radius 1 is 1.15 bits per heavy atom. The smallest absolute Gasteiger partial charge is 0.369 e. The number of nitrogens with zero attached hydrogens (tertiary/aromatic N) is 4. The van der Waals surface area contributed by atoms with Gasteiger partial charge in [-0.1, -0.05) is 18.2 Å². The third kappa shape index (κ3) is 2.69. The van der Waals surface area contributed by atoms with Crippen molar-refractivity contribution in [3.05, 3.63) is 64.4 Å². The van der Waals surface area contributed by atoms with Crippen LogP contribution < -0.4 is 20.1 Å². The lowest BCUT2D eigenvalue weighted by Crippen LogP contribution is -2.43. The molecule has 0 saturated carbocycles. The van der Waals surface area contributed by atoms with E-state index in [-0.39, 0.29) is 34.2 Å². The Morgan fingerprint density at radius 2 is 1.85 bits per heavy atom. The van der Waals surface area contributed by atoms with E-state index in [2.05, 4.69) is 0 Å². The second kappa shape index (κ2) is 6.37. The predicted octanol–water partition coefficient (Wildman–Crippen LogP) is 1.32. The molecule has 136 valence electrons. The van der Waals surface area contributed by atoms with Gasteiger partial charge in [-0.3, -0.25) is 0 Å². The van der Waals surface area contributed by atoms with Crippen LogP contribution in [0.15, 0.2) is 42.5 Å². The summed E-state index contributed by atoms with van der Waals surface area (Å²) in [6, 6.07) is 12.5. The maximum Gasteiger partial charge on any atom is 0.369 e. The average Bonchev–Trinajstić information content (AvgIpc) is 3.10. The minimum atomic E-state index is -0.627. The third-order valence-corrected chi connectivity index (χ3v) is 4.83. The van der Waals surface area contributed by atoms with Crippen molar-refractivity contribution in [3.63, 3.8) is 0 Å². The van der Waals surface area contributed by atoms with Gasteiger partial charge in [-0.2, -0.15) is 9.99 Å². The maximum atomic E-state index is 14.6. The summed E-state index contributed by atoms with van der Waals surface area (Å²) in [5, 5.41) is 35.2. The summed E-state index contributed by atoms with van der Waals surface area (Å²) in [5.41, 5.74) is 5.93. The van der Waals surface area contributed by atoms with Crippen molar-refractivity contribution in [2.24, 2.45) is 5.73 Å². The highest BCUT2D eigenvalue weighted by molar-refractivity contribution is 5.76. The highest BCUT2D eigenvalue weighted by atomic mass is 19.1. The number of nitrogens with two attached hydrogens (primary N) is 1. The van der Waals surface area contributed by atoms with E-state index in [4.69, 9.17) is 5.73 Å². The van der Waals surface area contributed by atoms with Crippen molar-refractivity contribution in [2.75, 3.05) is 18.0 Å². The van der Waals surface area contributed by atoms with Gasteiger partial charge in [0.25, 0.3) is 11.0 Å². The number of anilines is 1. The molecule has 0 aliphatic carbocycles. The van der Waals surface area contributed by atoms with E-state index in [1.54, 1.807) is 41.3 Å². The molecule has 1 atom stereocenters.